The Bertz CT molecular complexity index is 74.7. The fourth-order valence-electron chi connectivity index (χ4n) is 0.123. The number of hydrogen-bond acceptors (Lipinski definition) is 3. The third-order valence-electron chi connectivity index (χ3n) is 0.316. The van der Waals surface area contributed by atoms with E-state index in [0.29, 0.717) is 0 Å². The zero-order valence-electron chi connectivity index (χ0n) is 3.66. The summed E-state index contributed by atoms with van der Waals surface area (Å²) in [5.74, 6) is 2.06. The minimum atomic E-state index is -1.74. The second-order valence-electron chi connectivity index (χ2n) is 0.841. The summed E-state index contributed by atoms with van der Waals surface area (Å²) < 4.78 is 4.07. The van der Waals surface area contributed by atoms with Crippen LogP contribution in [0.25, 0.3) is 0 Å². The van der Waals surface area contributed by atoms with Gasteiger partial charge in [-0.25, -0.2) is 0 Å². The van der Waals surface area contributed by atoms with Crippen molar-refractivity contribution in [3.63, 3.8) is 0 Å². The van der Waals surface area contributed by atoms with Gasteiger partial charge >= 0.3 is 7.32 Å². The highest BCUT2D eigenvalue weighted by molar-refractivity contribution is 6.32. The molecule has 0 amide bonds. The third-order valence-corrected chi connectivity index (χ3v) is 0.316. The van der Waals surface area contributed by atoms with E-state index in [0.717, 1.165) is 0 Å². The van der Waals surface area contributed by atoms with Crippen molar-refractivity contribution in [3.8, 4) is 12.3 Å². The fraction of sp³-hybridized carbons (Fsp3) is 0.333. The normalized spacial score (nSPS) is 7.57. The summed E-state index contributed by atoms with van der Waals surface area (Å²) in [5, 5.41) is 15.8. The maximum atomic E-state index is 7.92. The zero-order chi connectivity index (χ0) is 5.70. The Morgan fingerprint density at radius 2 is 2.29 bits per heavy atom. The van der Waals surface area contributed by atoms with Gasteiger partial charge in [-0.3, -0.25) is 0 Å². The number of rotatable bonds is 2. The SMILES string of the molecule is C#CCOB(O)O. The fourth-order valence-corrected chi connectivity index (χ4v) is 0.123. The smallest absolute Gasteiger partial charge is 0.402 e. The molecular formula is C3H5BO3. The van der Waals surface area contributed by atoms with Gasteiger partial charge in [0.05, 0.1) is 6.61 Å². The van der Waals surface area contributed by atoms with Crippen molar-refractivity contribution in [1.82, 2.24) is 0 Å². The van der Waals surface area contributed by atoms with E-state index in [4.69, 9.17) is 10.0 Å². The molecule has 0 fully saturated rings. The first kappa shape index (κ1) is 6.50. The number of terminal acetylenes is 1. The van der Waals surface area contributed by atoms with Crippen molar-refractivity contribution < 1.29 is 14.7 Å². The lowest BCUT2D eigenvalue weighted by molar-refractivity contribution is 0.210. The van der Waals surface area contributed by atoms with Gasteiger partial charge in [0.25, 0.3) is 0 Å². The first-order valence-corrected chi connectivity index (χ1v) is 1.68. The van der Waals surface area contributed by atoms with Crippen molar-refractivity contribution in [2.75, 3.05) is 6.61 Å². The van der Waals surface area contributed by atoms with E-state index < -0.39 is 7.32 Å². The van der Waals surface area contributed by atoms with Crippen LogP contribution in [-0.2, 0) is 4.65 Å². The Kier molecular flexibility index (Phi) is 3.43. The molecule has 0 atom stereocenters. The molecule has 0 aromatic carbocycles. The highest BCUT2D eigenvalue weighted by Gasteiger charge is 2.04. The van der Waals surface area contributed by atoms with Crippen LogP contribution in [0.15, 0.2) is 0 Å². The molecule has 0 aliphatic rings. The largest absolute Gasteiger partial charge is 0.634 e. The summed E-state index contributed by atoms with van der Waals surface area (Å²) in [4.78, 5) is 0. The Morgan fingerprint density at radius 1 is 1.71 bits per heavy atom. The van der Waals surface area contributed by atoms with Crippen molar-refractivity contribution in [2.24, 2.45) is 0 Å². The maximum absolute atomic E-state index is 7.92. The monoisotopic (exact) mass is 100 g/mol. The molecule has 0 aliphatic carbocycles. The Labute approximate surface area is 42.1 Å². The van der Waals surface area contributed by atoms with E-state index in [-0.39, 0.29) is 6.61 Å². The lowest BCUT2D eigenvalue weighted by atomic mass is 10.3. The molecule has 38 valence electrons. The quantitative estimate of drug-likeness (QED) is 0.331. The Morgan fingerprint density at radius 3 is 2.43 bits per heavy atom. The van der Waals surface area contributed by atoms with Crippen molar-refractivity contribution in [2.45, 2.75) is 0 Å². The van der Waals surface area contributed by atoms with E-state index in [9.17, 15) is 0 Å². The molecule has 3 nitrogen and oxygen atoms in total. The van der Waals surface area contributed by atoms with Gasteiger partial charge in [0.2, 0.25) is 0 Å². The third kappa shape index (κ3) is 5.50. The van der Waals surface area contributed by atoms with Gasteiger partial charge in [0.1, 0.15) is 0 Å². The van der Waals surface area contributed by atoms with Crippen LogP contribution < -0.4 is 0 Å². The Hall–Kier alpha value is -0.495. The topological polar surface area (TPSA) is 49.7 Å². The molecule has 0 spiro atoms. The molecule has 0 heterocycles. The molecule has 0 aromatic rings. The van der Waals surface area contributed by atoms with E-state index in [1.54, 1.807) is 0 Å². The number of hydrogen-bond donors (Lipinski definition) is 2. The maximum Gasteiger partial charge on any atom is 0.634 e. The van der Waals surface area contributed by atoms with Crippen molar-refractivity contribution >= 4 is 7.32 Å². The molecule has 2 N–H and O–H groups in total. The molecule has 0 saturated heterocycles. The van der Waals surface area contributed by atoms with E-state index in [2.05, 4.69) is 17.0 Å². The average molecular weight is 99.9 g/mol. The Balaban J connectivity index is 2.86. The zero-order valence-corrected chi connectivity index (χ0v) is 3.66. The van der Waals surface area contributed by atoms with E-state index in [1.807, 2.05) is 0 Å². The van der Waals surface area contributed by atoms with Crippen LogP contribution in [0, 0.1) is 12.3 Å². The summed E-state index contributed by atoms with van der Waals surface area (Å²) in [6.07, 6.45) is 4.68. The van der Waals surface area contributed by atoms with Crippen LogP contribution >= 0.6 is 0 Å². The summed E-state index contributed by atoms with van der Waals surface area (Å²) in [7, 11) is -1.74. The minimum absolute atomic E-state index is 0.0718. The summed E-state index contributed by atoms with van der Waals surface area (Å²) in [6, 6.07) is 0. The van der Waals surface area contributed by atoms with Crippen molar-refractivity contribution in [1.29, 1.82) is 0 Å². The minimum Gasteiger partial charge on any atom is -0.402 e. The van der Waals surface area contributed by atoms with Gasteiger partial charge in [-0.2, -0.15) is 0 Å². The predicted octanol–water partition coefficient (Wildman–Crippen LogP) is -1.39. The molecule has 0 aliphatic heterocycles. The van der Waals surface area contributed by atoms with Gasteiger partial charge in [0, 0.05) is 0 Å². The molecule has 7 heavy (non-hydrogen) atoms. The second-order valence-corrected chi connectivity index (χ2v) is 0.841. The van der Waals surface area contributed by atoms with Gasteiger partial charge in [0.15, 0.2) is 0 Å². The first-order valence-electron chi connectivity index (χ1n) is 1.68. The van der Waals surface area contributed by atoms with Crippen LogP contribution in [0.5, 0.6) is 0 Å². The molecule has 4 heteroatoms. The molecule has 0 aromatic heterocycles. The molecule has 0 unspecified atom stereocenters. The first-order chi connectivity index (χ1) is 3.27. The highest BCUT2D eigenvalue weighted by Crippen LogP contribution is 1.69. The van der Waals surface area contributed by atoms with E-state index in [1.165, 1.54) is 0 Å². The van der Waals surface area contributed by atoms with Crippen LogP contribution in [0.1, 0.15) is 0 Å². The lowest BCUT2D eigenvalue weighted by Crippen LogP contribution is -2.16. The van der Waals surface area contributed by atoms with Gasteiger partial charge in [-0.1, -0.05) is 5.92 Å². The molecular weight excluding hydrogens is 94.8 g/mol. The molecule has 0 saturated carbocycles. The summed E-state index contributed by atoms with van der Waals surface area (Å²) >= 11 is 0. The lowest BCUT2D eigenvalue weighted by Gasteiger charge is -1.91. The van der Waals surface area contributed by atoms with Gasteiger partial charge < -0.3 is 14.7 Å². The van der Waals surface area contributed by atoms with E-state index >= 15 is 0 Å². The average Bonchev–Trinajstić information content (AvgIpc) is 1.61. The molecule has 0 bridgehead atoms. The predicted molar refractivity (Wildman–Crippen MR) is 25.0 cm³/mol. The van der Waals surface area contributed by atoms with Crippen LogP contribution in [0.2, 0.25) is 0 Å². The highest BCUT2D eigenvalue weighted by atomic mass is 16.6. The van der Waals surface area contributed by atoms with Gasteiger partial charge in [-0.15, -0.1) is 6.42 Å². The molecule has 0 radical (unpaired) electrons. The molecule has 0 rings (SSSR count). The summed E-state index contributed by atoms with van der Waals surface area (Å²) in [5.41, 5.74) is 0. The standard InChI is InChI=1S/C3H5BO3/c1-2-3-7-4(5)6/h1,5-6H,3H2. The van der Waals surface area contributed by atoms with Crippen LogP contribution in [0.4, 0.5) is 0 Å². The van der Waals surface area contributed by atoms with Crippen LogP contribution in [-0.4, -0.2) is 24.0 Å². The summed E-state index contributed by atoms with van der Waals surface area (Å²) in [6.45, 7) is -0.0718. The van der Waals surface area contributed by atoms with Crippen LogP contribution in [0.3, 0.4) is 0 Å². The second kappa shape index (κ2) is 3.69. The van der Waals surface area contributed by atoms with Crippen molar-refractivity contribution in [3.05, 3.63) is 0 Å². The van der Waals surface area contributed by atoms with Gasteiger partial charge in [-0.05, 0) is 0 Å².